The Balaban J connectivity index is 0.000000209. The number of pyridine rings is 4. The van der Waals surface area contributed by atoms with E-state index in [9.17, 15) is 15.3 Å². The van der Waals surface area contributed by atoms with E-state index in [0.717, 1.165) is 44.1 Å². The molecule has 8 rings (SSSR count). The van der Waals surface area contributed by atoms with Crippen LogP contribution in [-0.4, -0.2) is 44.9 Å². The van der Waals surface area contributed by atoms with E-state index in [0.29, 0.717) is 65.6 Å². The van der Waals surface area contributed by atoms with E-state index in [4.69, 9.17) is 72.0 Å². The number of nitrogens with two attached hydrogens (primary N) is 1. The number of aromatic nitrogens is 6. The lowest BCUT2D eigenvalue weighted by Gasteiger charge is -2.11. The SMILES string of the molecule is Cc1cc(N)nc(C)c1CNC(=O)c1cn(Cc2cc(C#N)c3ncc(Cl)cc3c2)nc1C#N.N#Cc1cc(CCl)cc2cc(Cl)cnc12.N#Cc1cc(CO)cc2cc(Cl)cnc12.O=S(Cl)Cl. The first-order valence-corrected chi connectivity index (χ1v) is 23.8. The fourth-order valence-electron chi connectivity index (χ4n) is 6.73. The third-order valence-electron chi connectivity index (χ3n) is 9.58. The minimum absolute atomic E-state index is 0.00684. The average molecular weight is 1050 g/mol. The molecule has 3 aromatic carbocycles. The molecule has 1 amide bonds. The summed E-state index contributed by atoms with van der Waals surface area (Å²) in [5.74, 6) is 0.368. The van der Waals surface area contributed by atoms with Crippen LogP contribution in [0.3, 0.4) is 0 Å². The minimum atomic E-state index is -1.67. The maximum absolute atomic E-state index is 12.8. The molecule has 342 valence electrons. The molecule has 4 N–H and O–H groups in total. The number of alkyl halides is 1. The van der Waals surface area contributed by atoms with Crippen molar-refractivity contribution in [1.29, 1.82) is 21.0 Å². The van der Waals surface area contributed by atoms with Crippen molar-refractivity contribution in [3.8, 4) is 24.3 Å². The zero-order valence-electron chi connectivity index (χ0n) is 35.4. The fraction of sp³-hybridized carbons (Fsp3) is 0.130. The van der Waals surface area contributed by atoms with E-state index in [1.54, 1.807) is 48.5 Å². The van der Waals surface area contributed by atoms with Crippen molar-refractivity contribution >= 4 is 121 Å². The van der Waals surface area contributed by atoms with Crippen LogP contribution in [0.2, 0.25) is 15.1 Å². The Morgan fingerprint density at radius 2 is 1.19 bits per heavy atom. The van der Waals surface area contributed by atoms with Crippen LogP contribution in [0, 0.1) is 59.2 Å². The first-order valence-electron chi connectivity index (χ1n) is 19.3. The van der Waals surface area contributed by atoms with Gasteiger partial charge in [0.25, 0.3) is 5.91 Å². The number of aliphatic hydroxyl groups excluding tert-OH is 1. The van der Waals surface area contributed by atoms with Crippen LogP contribution >= 0.6 is 67.8 Å². The third kappa shape index (κ3) is 13.7. The first-order chi connectivity index (χ1) is 32.5. The van der Waals surface area contributed by atoms with Crippen molar-refractivity contribution in [3.63, 3.8) is 0 Å². The van der Waals surface area contributed by atoms with Gasteiger partial charge in [-0.3, -0.25) is 24.4 Å². The summed E-state index contributed by atoms with van der Waals surface area (Å²) < 4.78 is 10.6. The number of fused-ring (bicyclic) bond motifs is 3. The quantitative estimate of drug-likeness (QED) is 0.0993. The second-order valence-electron chi connectivity index (χ2n) is 14.2. The zero-order valence-corrected chi connectivity index (χ0v) is 40.8. The molecule has 0 spiro atoms. The van der Waals surface area contributed by atoms with Gasteiger partial charge >= 0.3 is 0 Å². The second-order valence-corrected chi connectivity index (χ2v) is 18.3. The van der Waals surface area contributed by atoms with Crippen molar-refractivity contribution in [3.05, 3.63) is 162 Å². The molecule has 22 heteroatoms. The predicted octanol–water partition coefficient (Wildman–Crippen LogP) is 10.2. The number of rotatable bonds is 7. The lowest BCUT2D eigenvalue weighted by atomic mass is 10.1. The number of carbonyl (C=O) groups is 1. The summed E-state index contributed by atoms with van der Waals surface area (Å²) in [4.78, 5) is 29.5. The Kier molecular flexibility index (Phi) is 18.8. The summed E-state index contributed by atoms with van der Waals surface area (Å²) in [5, 5.41) is 56.8. The lowest BCUT2D eigenvalue weighted by molar-refractivity contribution is 0.0950. The monoisotopic (exact) mass is 1040 g/mol. The molecule has 0 bridgehead atoms. The Morgan fingerprint density at radius 1 is 0.735 bits per heavy atom. The molecule has 0 radical (unpaired) electrons. The van der Waals surface area contributed by atoms with E-state index in [2.05, 4.69) is 63.9 Å². The number of benzene rings is 3. The Labute approximate surface area is 420 Å². The number of aliphatic hydroxyl groups is 1. The molecule has 8 aromatic rings. The van der Waals surface area contributed by atoms with Gasteiger partial charge in [0.05, 0.1) is 67.0 Å². The first kappa shape index (κ1) is 52.3. The number of nitrogens with zero attached hydrogens (tertiary/aromatic N) is 10. The number of nitrogen functional groups attached to an aromatic ring is 1. The molecule has 0 fully saturated rings. The van der Waals surface area contributed by atoms with Gasteiger partial charge in [0.1, 0.15) is 30.1 Å². The van der Waals surface area contributed by atoms with Gasteiger partial charge in [-0.05, 0) is 102 Å². The Morgan fingerprint density at radius 3 is 1.63 bits per heavy atom. The number of hydrogen-bond acceptors (Lipinski definition) is 13. The topological polar surface area (TPSA) is 257 Å². The lowest BCUT2D eigenvalue weighted by Crippen LogP contribution is -2.24. The highest BCUT2D eigenvalue weighted by molar-refractivity contribution is 8.26. The molecular formula is C46H32Cl6N12O3S. The number of halogens is 6. The molecule has 0 atom stereocenters. The largest absolute Gasteiger partial charge is 0.392 e. The highest BCUT2D eigenvalue weighted by atomic mass is 36.0. The summed E-state index contributed by atoms with van der Waals surface area (Å²) >= 11 is 23.4. The van der Waals surface area contributed by atoms with Gasteiger partial charge in [-0.25, -0.2) is 9.19 Å². The Hall–Kier alpha value is -6.67. The van der Waals surface area contributed by atoms with Gasteiger partial charge in [-0.15, -0.1) is 11.6 Å². The molecule has 0 aliphatic rings. The number of amides is 1. The van der Waals surface area contributed by atoms with Crippen molar-refractivity contribution in [2.24, 2.45) is 0 Å². The molecular weight excluding hydrogens is 1010 g/mol. The van der Waals surface area contributed by atoms with Gasteiger partial charge < -0.3 is 16.2 Å². The number of hydrogen-bond donors (Lipinski definition) is 3. The third-order valence-corrected chi connectivity index (χ3v) is 10.5. The number of anilines is 1. The number of nitriles is 4. The molecule has 15 nitrogen and oxygen atoms in total. The van der Waals surface area contributed by atoms with Crippen LogP contribution in [0.5, 0.6) is 0 Å². The van der Waals surface area contributed by atoms with Crippen LogP contribution in [-0.2, 0) is 34.8 Å². The van der Waals surface area contributed by atoms with E-state index >= 15 is 0 Å². The average Bonchev–Trinajstić information content (AvgIpc) is 3.72. The molecule has 0 saturated heterocycles. The molecule has 5 aromatic heterocycles. The summed E-state index contributed by atoms with van der Waals surface area (Å²) in [6.45, 7) is 4.11. The number of carbonyl (C=O) groups excluding carboxylic acids is 1. The van der Waals surface area contributed by atoms with Gasteiger partial charge in [0, 0.05) is 80.4 Å². The van der Waals surface area contributed by atoms with Gasteiger partial charge in [0.2, 0.25) is 9.23 Å². The van der Waals surface area contributed by atoms with Crippen molar-refractivity contribution < 1.29 is 14.1 Å². The number of nitrogens with one attached hydrogen (secondary N) is 1. The molecule has 5 heterocycles. The maximum Gasteiger partial charge on any atom is 0.256 e. The Bertz CT molecular complexity index is 3290. The van der Waals surface area contributed by atoms with Crippen LogP contribution in [0.4, 0.5) is 5.82 Å². The van der Waals surface area contributed by atoms with E-state index in [1.807, 2.05) is 38.1 Å². The molecule has 0 saturated carbocycles. The van der Waals surface area contributed by atoms with Gasteiger partial charge in [-0.2, -0.15) is 26.1 Å². The van der Waals surface area contributed by atoms with Crippen molar-refractivity contribution in [2.75, 3.05) is 5.73 Å². The second kappa shape index (κ2) is 24.4. The van der Waals surface area contributed by atoms with Crippen LogP contribution in [0.15, 0.2) is 85.5 Å². The van der Waals surface area contributed by atoms with Gasteiger partial charge in [-0.1, -0.05) is 34.8 Å². The molecule has 0 aliphatic carbocycles. The summed E-state index contributed by atoms with van der Waals surface area (Å²) in [6, 6.07) is 25.8. The smallest absolute Gasteiger partial charge is 0.256 e. The van der Waals surface area contributed by atoms with Crippen LogP contribution in [0.1, 0.15) is 66.3 Å². The van der Waals surface area contributed by atoms with E-state index in [1.165, 1.54) is 29.5 Å². The molecule has 68 heavy (non-hydrogen) atoms. The van der Waals surface area contributed by atoms with Crippen molar-refractivity contribution in [2.45, 2.75) is 39.4 Å². The molecule has 0 aliphatic heterocycles. The maximum atomic E-state index is 12.8. The minimum Gasteiger partial charge on any atom is -0.392 e. The highest BCUT2D eigenvalue weighted by Gasteiger charge is 2.18. The molecule has 0 unspecified atom stereocenters. The number of aryl methyl sites for hydroxylation is 2. The normalized spacial score (nSPS) is 10.3. The standard InChI is InChI=1S/C24H19ClN8O.C11H6Cl2N2.C11H7ClN2O.Cl2OS/c1-13-3-22(28)31-14(2)19(13)10-30-24(34)20-12-33(32-21(20)8-27)11-15-4-16-6-18(25)9-29-23(16)17(5-15)7-26;12-4-7-1-8-3-10(13)6-15-11(8)9(2-7)5-14;12-10-3-8-1-7(6-15)2-9(4-13)11(8)14-5-10;1-4(2)3/h3-6,9,12H,10-11H2,1-2H3,(H2,28,31)(H,30,34);1-3,6H,4H2;1-3,5,15H,6H2;. The predicted molar refractivity (Wildman–Crippen MR) is 265 cm³/mol. The summed E-state index contributed by atoms with van der Waals surface area (Å²) in [7, 11) is 7.36. The summed E-state index contributed by atoms with van der Waals surface area (Å²) in [5.41, 5.74) is 14.0. The van der Waals surface area contributed by atoms with Crippen LogP contribution < -0.4 is 11.1 Å². The highest BCUT2D eigenvalue weighted by Crippen LogP contribution is 2.25. The van der Waals surface area contributed by atoms with E-state index < -0.39 is 15.1 Å². The van der Waals surface area contributed by atoms with E-state index in [-0.39, 0.29) is 31.0 Å². The van der Waals surface area contributed by atoms with Crippen LogP contribution in [0.25, 0.3) is 32.7 Å². The fourth-order valence-corrected chi connectivity index (χ4v) is 7.38. The van der Waals surface area contributed by atoms with Crippen molar-refractivity contribution in [1.82, 2.24) is 35.0 Å². The summed E-state index contributed by atoms with van der Waals surface area (Å²) in [6.07, 6.45) is 6.04. The zero-order chi connectivity index (χ0) is 49.7. The van der Waals surface area contributed by atoms with Gasteiger partial charge in [0.15, 0.2) is 5.69 Å².